The van der Waals surface area contributed by atoms with Crippen LogP contribution in [0.25, 0.3) is 0 Å². The van der Waals surface area contributed by atoms with E-state index in [0.29, 0.717) is 0 Å². The number of carboxylic acid groups (broad SMARTS) is 1. The van der Waals surface area contributed by atoms with Crippen molar-refractivity contribution < 1.29 is 32.6 Å². The van der Waals surface area contributed by atoms with E-state index in [-0.39, 0.29) is 43.1 Å². The molecule has 2 unspecified atom stereocenters. The van der Waals surface area contributed by atoms with Gasteiger partial charge in [-0.05, 0) is 11.8 Å². The van der Waals surface area contributed by atoms with E-state index in [1.54, 1.807) is 0 Å². The van der Waals surface area contributed by atoms with Crippen LogP contribution in [-0.2, 0) is 9.53 Å². The van der Waals surface area contributed by atoms with Crippen molar-refractivity contribution in [2.75, 3.05) is 26.0 Å². The predicted octanol–water partition coefficient (Wildman–Crippen LogP) is 1.12. The number of hydrogen-bond donors (Lipinski definition) is 2. The van der Waals surface area contributed by atoms with Crippen LogP contribution in [0.5, 0.6) is 0 Å². The normalized spacial score (nSPS) is 22.9. The Kier molecular flexibility index (Phi) is 5.93. The maximum atomic E-state index is 11.9. The molecule has 0 aromatic carbocycles. The number of nitrogens with zero attached hydrogens (tertiary/aromatic N) is 1. The molecule has 1 fully saturated rings. The van der Waals surface area contributed by atoms with Gasteiger partial charge in [0.05, 0.1) is 6.10 Å². The van der Waals surface area contributed by atoms with E-state index in [4.69, 9.17) is 9.84 Å². The van der Waals surface area contributed by atoms with Crippen molar-refractivity contribution in [1.29, 1.82) is 0 Å². The van der Waals surface area contributed by atoms with Crippen LogP contribution in [0.15, 0.2) is 0 Å². The first-order valence-electron chi connectivity index (χ1n) is 5.75. The van der Waals surface area contributed by atoms with Crippen molar-refractivity contribution in [2.45, 2.75) is 24.1 Å². The Bertz CT molecular complexity index is 367. The van der Waals surface area contributed by atoms with E-state index in [2.05, 4.69) is 5.32 Å². The second-order valence-electron chi connectivity index (χ2n) is 4.13. The molecule has 1 heterocycles. The molecule has 1 rings (SSSR count). The third kappa shape index (κ3) is 5.08. The third-order valence-electron chi connectivity index (χ3n) is 2.79. The number of rotatable bonds is 5. The van der Waals surface area contributed by atoms with Gasteiger partial charge in [0.25, 0.3) is 0 Å². The lowest BCUT2D eigenvalue weighted by Crippen LogP contribution is -2.46. The number of likely N-dealkylation sites (tertiary alicyclic amines) is 1. The van der Waals surface area contributed by atoms with E-state index in [1.807, 2.05) is 0 Å². The molecule has 0 aromatic rings. The Hall–Kier alpha value is -1.16. The lowest BCUT2D eigenvalue weighted by molar-refractivity contribution is -0.141. The summed E-state index contributed by atoms with van der Waals surface area (Å²) < 4.78 is 40.7. The number of nitrogens with one attached hydrogen (secondary N) is 1. The summed E-state index contributed by atoms with van der Waals surface area (Å²) in [5.74, 6) is -1.49. The quantitative estimate of drug-likeness (QED) is 0.743. The van der Waals surface area contributed by atoms with Gasteiger partial charge in [-0.15, -0.1) is 0 Å². The molecule has 0 aromatic heterocycles. The molecule has 2 amide bonds. The molecule has 1 saturated heterocycles. The summed E-state index contributed by atoms with van der Waals surface area (Å²) in [5.41, 5.74) is -4.34. The summed E-state index contributed by atoms with van der Waals surface area (Å²) >= 11 is -0.244. The highest BCUT2D eigenvalue weighted by molar-refractivity contribution is 8.00. The fraction of sp³-hybridized carbons (Fsp3) is 0.800. The number of hydrogen-bond acceptors (Lipinski definition) is 4. The summed E-state index contributed by atoms with van der Waals surface area (Å²) in [6.45, 7) is -0.0881. The first-order valence-corrected chi connectivity index (χ1v) is 6.74. The molecule has 10 heteroatoms. The number of carbonyl (C=O) groups excluding carboxylic acids is 1. The number of methoxy groups -OCH3 is 1. The maximum Gasteiger partial charge on any atom is 0.441 e. The van der Waals surface area contributed by atoms with Gasteiger partial charge in [0.2, 0.25) is 0 Å². The van der Waals surface area contributed by atoms with Crippen LogP contribution in [0.3, 0.4) is 0 Å². The van der Waals surface area contributed by atoms with Gasteiger partial charge in [0, 0.05) is 32.4 Å². The van der Waals surface area contributed by atoms with Crippen LogP contribution in [0, 0.1) is 0 Å². The molecule has 1 aliphatic heterocycles. The molecule has 0 bridgehead atoms. The van der Waals surface area contributed by atoms with Gasteiger partial charge < -0.3 is 20.1 Å². The van der Waals surface area contributed by atoms with Crippen LogP contribution in [0.4, 0.5) is 18.0 Å². The molecular formula is C10H15F3N2O4S. The monoisotopic (exact) mass is 316 g/mol. The van der Waals surface area contributed by atoms with Gasteiger partial charge in [0.15, 0.2) is 0 Å². The van der Waals surface area contributed by atoms with Crippen molar-refractivity contribution in [1.82, 2.24) is 10.2 Å². The van der Waals surface area contributed by atoms with Gasteiger partial charge in [-0.1, -0.05) is 0 Å². The number of ether oxygens (including phenoxy) is 1. The lowest BCUT2D eigenvalue weighted by atomic mass is 10.2. The number of alkyl halides is 3. The summed E-state index contributed by atoms with van der Waals surface area (Å²) in [5, 5.41) is 11.3. The predicted molar refractivity (Wildman–Crippen MR) is 65.5 cm³/mol. The number of urea groups is 1. The molecule has 0 spiro atoms. The summed E-state index contributed by atoms with van der Waals surface area (Å²) in [6.07, 6.45) is -0.220. The van der Waals surface area contributed by atoms with Crippen molar-refractivity contribution in [3.63, 3.8) is 0 Å². The fourth-order valence-corrected chi connectivity index (χ4v) is 2.29. The second-order valence-corrected chi connectivity index (χ2v) is 5.29. The zero-order valence-corrected chi connectivity index (χ0v) is 11.5. The van der Waals surface area contributed by atoms with Crippen molar-refractivity contribution in [2.24, 2.45) is 0 Å². The van der Waals surface area contributed by atoms with Crippen molar-refractivity contribution >= 4 is 23.8 Å². The highest BCUT2D eigenvalue weighted by Gasteiger charge is 2.39. The molecule has 2 N–H and O–H groups in total. The van der Waals surface area contributed by atoms with E-state index >= 15 is 0 Å². The maximum absolute atomic E-state index is 11.9. The molecule has 20 heavy (non-hydrogen) atoms. The van der Waals surface area contributed by atoms with Gasteiger partial charge in [-0.3, -0.25) is 0 Å². The summed E-state index contributed by atoms with van der Waals surface area (Å²) in [4.78, 5) is 23.8. The smallest absolute Gasteiger partial charge is 0.441 e. The topological polar surface area (TPSA) is 78.9 Å². The molecule has 0 aliphatic carbocycles. The Morgan fingerprint density at radius 3 is 2.65 bits per heavy atom. The van der Waals surface area contributed by atoms with Crippen LogP contribution in [0.1, 0.15) is 6.42 Å². The summed E-state index contributed by atoms with van der Waals surface area (Å²) in [6, 6.07) is -1.71. The Balaban J connectivity index is 2.43. The van der Waals surface area contributed by atoms with E-state index < -0.39 is 23.6 Å². The van der Waals surface area contributed by atoms with Crippen LogP contribution >= 0.6 is 11.8 Å². The van der Waals surface area contributed by atoms with Gasteiger partial charge in [-0.25, -0.2) is 9.59 Å². The number of carbonyl (C=O) groups is 2. The molecule has 6 nitrogen and oxygen atoms in total. The second kappa shape index (κ2) is 7.02. The van der Waals surface area contributed by atoms with Crippen molar-refractivity contribution in [3.05, 3.63) is 0 Å². The third-order valence-corrected chi connectivity index (χ3v) is 3.52. The Morgan fingerprint density at radius 2 is 2.15 bits per heavy atom. The molecular weight excluding hydrogens is 301 g/mol. The number of thioether (sulfide) groups is 1. The summed E-state index contributed by atoms with van der Waals surface area (Å²) in [7, 11) is 1.41. The molecule has 116 valence electrons. The zero-order chi connectivity index (χ0) is 15.3. The van der Waals surface area contributed by atoms with Crippen molar-refractivity contribution in [3.8, 4) is 0 Å². The number of aliphatic carboxylic acids is 1. The molecule has 0 saturated carbocycles. The highest BCUT2D eigenvalue weighted by Crippen LogP contribution is 2.29. The molecule has 0 radical (unpaired) electrons. The molecule has 1 aliphatic rings. The number of carboxylic acids is 1. The van der Waals surface area contributed by atoms with Gasteiger partial charge in [-0.2, -0.15) is 13.2 Å². The first-order chi connectivity index (χ1) is 9.24. The van der Waals surface area contributed by atoms with Crippen LogP contribution in [-0.4, -0.2) is 65.6 Å². The van der Waals surface area contributed by atoms with E-state index in [1.165, 1.54) is 7.11 Å². The Morgan fingerprint density at radius 1 is 1.50 bits per heavy atom. The molecule has 2 atom stereocenters. The number of halogens is 3. The minimum absolute atomic E-state index is 0.103. The fourth-order valence-electron chi connectivity index (χ4n) is 1.85. The van der Waals surface area contributed by atoms with E-state index in [9.17, 15) is 22.8 Å². The Labute approximate surface area is 117 Å². The van der Waals surface area contributed by atoms with Gasteiger partial charge >= 0.3 is 17.5 Å². The highest BCUT2D eigenvalue weighted by atomic mass is 32.2. The average Bonchev–Trinajstić information content (AvgIpc) is 2.77. The number of amides is 2. The van der Waals surface area contributed by atoms with Crippen LogP contribution < -0.4 is 5.32 Å². The van der Waals surface area contributed by atoms with E-state index in [0.717, 1.165) is 4.90 Å². The first kappa shape index (κ1) is 16.9. The van der Waals surface area contributed by atoms with Crippen LogP contribution in [0.2, 0.25) is 0 Å². The lowest BCUT2D eigenvalue weighted by Gasteiger charge is -2.21. The SMILES string of the molecule is COC1CC(C(=O)O)N(C(=O)NCCSC(F)(F)F)C1. The average molecular weight is 316 g/mol. The largest absolute Gasteiger partial charge is 0.480 e. The zero-order valence-electron chi connectivity index (χ0n) is 10.6. The minimum Gasteiger partial charge on any atom is -0.480 e. The standard InChI is InChI=1S/C10H15F3N2O4S/c1-19-6-4-7(8(16)17)15(5-6)9(18)14-2-3-20-10(11,12)13/h6-7H,2-5H2,1H3,(H,14,18)(H,16,17). The van der Waals surface area contributed by atoms with Gasteiger partial charge in [0.1, 0.15) is 6.04 Å². The minimum atomic E-state index is -4.34.